The molecule has 0 N–H and O–H groups in total. The molecule has 0 radical (unpaired) electrons. The second kappa shape index (κ2) is 4.66. The van der Waals surface area contributed by atoms with Crippen molar-refractivity contribution in [3.63, 3.8) is 0 Å². The van der Waals surface area contributed by atoms with Crippen LogP contribution < -0.4 is 0 Å². The van der Waals surface area contributed by atoms with Crippen LogP contribution in [0.3, 0.4) is 0 Å². The van der Waals surface area contributed by atoms with Crippen LogP contribution in [0.2, 0.25) is 0 Å². The Kier molecular flexibility index (Phi) is 2.86. The van der Waals surface area contributed by atoms with E-state index in [1.54, 1.807) is 16.8 Å². The van der Waals surface area contributed by atoms with Crippen molar-refractivity contribution in [2.45, 2.75) is 45.1 Å². The SMILES string of the molecule is Cc1nc(C)n(-c2ccc(C(=O)OC3(C4CC4)CC3)cc2)n1. The number of benzene rings is 1. The van der Waals surface area contributed by atoms with Crippen LogP contribution in [0, 0.1) is 19.8 Å². The summed E-state index contributed by atoms with van der Waals surface area (Å²) in [5.74, 6) is 1.97. The maximum absolute atomic E-state index is 12.3. The van der Waals surface area contributed by atoms with Crippen LogP contribution in [0.1, 0.15) is 47.7 Å². The first-order valence-corrected chi connectivity index (χ1v) is 7.81. The van der Waals surface area contributed by atoms with Gasteiger partial charge in [0.25, 0.3) is 0 Å². The van der Waals surface area contributed by atoms with Crippen LogP contribution in [0.25, 0.3) is 5.69 Å². The van der Waals surface area contributed by atoms with Gasteiger partial charge in [-0.2, -0.15) is 5.10 Å². The number of hydrogen-bond acceptors (Lipinski definition) is 4. The average Bonchev–Trinajstić information content (AvgIpc) is 3.39. The number of esters is 1. The summed E-state index contributed by atoms with van der Waals surface area (Å²) in [4.78, 5) is 16.6. The third-order valence-electron chi connectivity index (χ3n) is 4.58. The molecule has 5 nitrogen and oxygen atoms in total. The molecule has 4 rings (SSSR count). The molecule has 0 saturated heterocycles. The molecule has 0 unspecified atom stereocenters. The Morgan fingerprint density at radius 1 is 1.23 bits per heavy atom. The quantitative estimate of drug-likeness (QED) is 0.814. The van der Waals surface area contributed by atoms with Gasteiger partial charge in [0.1, 0.15) is 17.2 Å². The van der Waals surface area contributed by atoms with Gasteiger partial charge in [-0.25, -0.2) is 14.5 Å². The maximum Gasteiger partial charge on any atom is 0.338 e. The van der Waals surface area contributed by atoms with Crippen LogP contribution in [0.4, 0.5) is 0 Å². The van der Waals surface area contributed by atoms with Gasteiger partial charge in [0, 0.05) is 0 Å². The monoisotopic (exact) mass is 297 g/mol. The first-order valence-electron chi connectivity index (χ1n) is 7.81. The molecule has 1 aromatic carbocycles. The van der Waals surface area contributed by atoms with E-state index in [9.17, 15) is 4.79 Å². The Morgan fingerprint density at radius 2 is 1.91 bits per heavy atom. The van der Waals surface area contributed by atoms with Crippen molar-refractivity contribution in [3.05, 3.63) is 41.5 Å². The number of aromatic nitrogens is 3. The fraction of sp³-hybridized carbons (Fsp3) is 0.471. The molecule has 114 valence electrons. The molecule has 2 fully saturated rings. The lowest BCUT2D eigenvalue weighted by atomic mass is 10.2. The lowest BCUT2D eigenvalue weighted by Crippen LogP contribution is -2.21. The molecule has 22 heavy (non-hydrogen) atoms. The molecular formula is C17H19N3O2. The zero-order valence-corrected chi connectivity index (χ0v) is 12.9. The van der Waals surface area contributed by atoms with Crippen LogP contribution in [0.5, 0.6) is 0 Å². The minimum absolute atomic E-state index is 0.130. The summed E-state index contributed by atoms with van der Waals surface area (Å²) in [6.07, 6.45) is 4.46. The summed E-state index contributed by atoms with van der Waals surface area (Å²) in [5, 5.41) is 4.35. The highest BCUT2D eigenvalue weighted by molar-refractivity contribution is 5.90. The number of carbonyl (C=O) groups is 1. The average molecular weight is 297 g/mol. The summed E-state index contributed by atoms with van der Waals surface area (Å²) < 4.78 is 7.53. The van der Waals surface area contributed by atoms with Crippen molar-refractivity contribution in [1.29, 1.82) is 0 Å². The Morgan fingerprint density at radius 3 is 2.41 bits per heavy atom. The van der Waals surface area contributed by atoms with E-state index in [0.717, 1.165) is 30.2 Å². The maximum atomic E-state index is 12.3. The van der Waals surface area contributed by atoms with Gasteiger partial charge in [0.15, 0.2) is 0 Å². The van der Waals surface area contributed by atoms with Crippen molar-refractivity contribution >= 4 is 5.97 Å². The number of aryl methyl sites for hydroxylation is 2. The third-order valence-corrected chi connectivity index (χ3v) is 4.58. The molecule has 0 amide bonds. The lowest BCUT2D eigenvalue weighted by molar-refractivity contribution is 0.0160. The van der Waals surface area contributed by atoms with Crippen molar-refractivity contribution in [2.75, 3.05) is 0 Å². The zero-order chi connectivity index (χ0) is 15.3. The van der Waals surface area contributed by atoms with Crippen LogP contribution in [-0.4, -0.2) is 26.3 Å². The van der Waals surface area contributed by atoms with Gasteiger partial charge < -0.3 is 4.74 Å². The second-order valence-electron chi connectivity index (χ2n) is 6.39. The molecule has 0 aliphatic heterocycles. The number of hydrogen-bond donors (Lipinski definition) is 0. The minimum Gasteiger partial charge on any atom is -0.455 e. The molecule has 1 aromatic heterocycles. The number of rotatable bonds is 4. The van der Waals surface area contributed by atoms with Crippen LogP contribution in [0.15, 0.2) is 24.3 Å². The summed E-state index contributed by atoms with van der Waals surface area (Å²) in [6, 6.07) is 7.37. The van der Waals surface area contributed by atoms with Gasteiger partial charge in [-0.05, 0) is 69.7 Å². The van der Waals surface area contributed by atoms with E-state index >= 15 is 0 Å². The fourth-order valence-electron chi connectivity index (χ4n) is 3.07. The number of ether oxygens (including phenoxy) is 1. The van der Waals surface area contributed by atoms with Gasteiger partial charge in [0.05, 0.1) is 11.3 Å². The Labute approximate surface area is 129 Å². The van der Waals surface area contributed by atoms with E-state index in [1.165, 1.54) is 12.8 Å². The topological polar surface area (TPSA) is 57.0 Å². The van der Waals surface area contributed by atoms with Gasteiger partial charge in [0.2, 0.25) is 0 Å². The standard InChI is InChI=1S/C17H19N3O2/c1-11-18-12(2)20(19-11)15-7-3-13(4-8-15)16(21)22-17(9-10-17)14-5-6-14/h3-4,7-8,14H,5-6,9-10H2,1-2H3. The second-order valence-corrected chi connectivity index (χ2v) is 6.39. The van der Waals surface area contributed by atoms with Crippen LogP contribution >= 0.6 is 0 Å². The lowest BCUT2D eigenvalue weighted by Gasteiger charge is -2.15. The highest BCUT2D eigenvalue weighted by Crippen LogP contribution is 2.56. The number of nitrogens with zero attached hydrogens (tertiary/aromatic N) is 3. The third kappa shape index (κ3) is 2.30. The smallest absolute Gasteiger partial charge is 0.338 e. The highest BCUT2D eigenvalue weighted by Gasteiger charge is 2.57. The van der Waals surface area contributed by atoms with Gasteiger partial charge in [-0.3, -0.25) is 0 Å². The first-order chi connectivity index (χ1) is 10.6. The summed E-state index contributed by atoms with van der Waals surface area (Å²) >= 11 is 0. The Hall–Kier alpha value is -2.17. The Balaban J connectivity index is 1.52. The molecular weight excluding hydrogens is 278 g/mol. The van der Waals surface area contributed by atoms with E-state index in [1.807, 2.05) is 26.0 Å². The Bertz CT molecular complexity index is 725. The van der Waals surface area contributed by atoms with Gasteiger partial charge in [-0.15, -0.1) is 0 Å². The first kappa shape index (κ1) is 13.5. The molecule has 1 heterocycles. The number of carbonyl (C=O) groups excluding carboxylic acids is 1. The largest absolute Gasteiger partial charge is 0.455 e. The van der Waals surface area contributed by atoms with E-state index in [0.29, 0.717) is 11.5 Å². The molecule has 0 atom stereocenters. The van der Waals surface area contributed by atoms with E-state index in [4.69, 9.17) is 4.74 Å². The summed E-state index contributed by atoms with van der Waals surface area (Å²) in [6.45, 7) is 3.77. The summed E-state index contributed by atoms with van der Waals surface area (Å²) in [7, 11) is 0. The van der Waals surface area contributed by atoms with Crippen molar-refractivity contribution in [3.8, 4) is 5.69 Å². The normalized spacial score (nSPS) is 19.0. The van der Waals surface area contributed by atoms with E-state index in [-0.39, 0.29) is 11.6 Å². The molecule has 0 spiro atoms. The van der Waals surface area contributed by atoms with E-state index < -0.39 is 0 Å². The van der Waals surface area contributed by atoms with E-state index in [2.05, 4.69) is 10.1 Å². The molecule has 2 aliphatic carbocycles. The molecule has 2 saturated carbocycles. The summed E-state index contributed by atoms with van der Waals surface area (Å²) in [5.41, 5.74) is 1.37. The van der Waals surface area contributed by atoms with Gasteiger partial charge >= 0.3 is 5.97 Å². The molecule has 5 heteroatoms. The minimum atomic E-state index is -0.206. The van der Waals surface area contributed by atoms with Crippen molar-refractivity contribution in [1.82, 2.24) is 14.8 Å². The van der Waals surface area contributed by atoms with Crippen molar-refractivity contribution < 1.29 is 9.53 Å². The molecule has 2 aromatic rings. The van der Waals surface area contributed by atoms with Crippen LogP contribution in [-0.2, 0) is 4.74 Å². The predicted molar refractivity (Wildman–Crippen MR) is 80.9 cm³/mol. The predicted octanol–water partition coefficient (Wildman–Crippen LogP) is 2.98. The van der Waals surface area contributed by atoms with Crippen molar-refractivity contribution in [2.24, 2.45) is 5.92 Å². The fourth-order valence-corrected chi connectivity index (χ4v) is 3.07. The molecule has 0 bridgehead atoms. The zero-order valence-electron chi connectivity index (χ0n) is 12.9. The highest BCUT2D eigenvalue weighted by atomic mass is 16.6. The molecule has 2 aliphatic rings. The van der Waals surface area contributed by atoms with Gasteiger partial charge in [-0.1, -0.05) is 0 Å².